The van der Waals surface area contributed by atoms with Crippen LogP contribution < -0.4 is 0 Å². The summed E-state index contributed by atoms with van der Waals surface area (Å²) in [6, 6.07) is 9.46. The molecule has 0 aliphatic rings. The van der Waals surface area contributed by atoms with Crippen molar-refractivity contribution in [1.82, 2.24) is 0 Å². The number of carbonyl (C=O) groups is 1. The minimum atomic E-state index is -0.464. The van der Waals surface area contributed by atoms with E-state index in [0.717, 1.165) is 5.56 Å². The molecule has 2 heteroatoms. The van der Waals surface area contributed by atoms with E-state index < -0.39 is 6.10 Å². The van der Waals surface area contributed by atoms with E-state index in [1.807, 2.05) is 30.3 Å². The predicted octanol–water partition coefficient (Wildman–Crippen LogP) is 2.52. The molecule has 2 nitrogen and oxygen atoms in total. The molecule has 14 heavy (non-hydrogen) atoms. The third-order valence-corrected chi connectivity index (χ3v) is 1.98. The molecule has 0 saturated carbocycles. The lowest BCUT2D eigenvalue weighted by Crippen LogP contribution is -2.13. The predicted molar refractivity (Wildman–Crippen MR) is 56.0 cm³/mol. The van der Waals surface area contributed by atoms with E-state index in [1.165, 1.54) is 0 Å². The third kappa shape index (κ3) is 2.54. The lowest BCUT2D eigenvalue weighted by atomic mass is 10.0. The monoisotopic (exact) mass is 190 g/mol. The topological polar surface area (TPSA) is 26.3 Å². The van der Waals surface area contributed by atoms with Gasteiger partial charge in [-0.2, -0.15) is 0 Å². The van der Waals surface area contributed by atoms with Gasteiger partial charge < -0.3 is 4.74 Å². The number of benzene rings is 1. The van der Waals surface area contributed by atoms with Crippen LogP contribution in [0.4, 0.5) is 0 Å². The van der Waals surface area contributed by atoms with E-state index in [-0.39, 0.29) is 5.78 Å². The number of methoxy groups -OCH3 is 1. The molecule has 0 N–H and O–H groups in total. The zero-order valence-electron chi connectivity index (χ0n) is 8.27. The van der Waals surface area contributed by atoms with Crippen LogP contribution in [-0.2, 0) is 9.53 Å². The Kier molecular flexibility index (Phi) is 4.08. The molecule has 0 bridgehead atoms. The van der Waals surface area contributed by atoms with Crippen molar-refractivity contribution in [3.63, 3.8) is 0 Å². The van der Waals surface area contributed by atoms with Gasteiger partial charge in [0.25, 0.3) is 0 Å². The van der Waals surface area contributed by atoms with Gasteiger partial charge in [0.05, 0.1) is 0 Å². The molecule has 1 aromatic rings. The van der Waals surface area contributed by atoms with Gasteiger partial charge in [-0.15, -0.1) is 6.58 Å². The molecule has 0 aliphatic carbocycles. The molecule has 0 saturated heterocycles. The van der Waals surface area contributed by atoms with Crippen LogP contribution in [0.5, 0.6) is 0 Å². The Morgan fingerprint density at radius 2 is 2.14 bits per heavy atom. The minimum Gasteiger partial charge on any atom is -0.369 e. The van der Waals surface area contributed by atoms with Crippen LogP contribution in [-0.4, -0.2) is 12.9 Å². The molecule has 1 atom stereocenters. The second-order valence-corrected chi connectivity index (χ2v) is 2.99. The quantitative estimate of drug-likeness (QED) is 0.667. The molecular formula is C12H14O2. The van der Waals surface area contributed by atoms with Crippen molar-refractivity contribution in [2.45, 2.75) is 12.5 Å². The molecule has 1 rings (SSSR count). The molecule has 1 unspecified atom stereocenters. The summed E-state index contributed by atoms with van der Waals surface area (Å²) in [7, 11) is 1.54. The maximum absolute atomic E-state index is 11.6. The summed E-state index contributed by atoms with van der Waals surface area (Å²) >= 11 is 0. The lowest BCUT2D eigenvalue weighted by molar-refractivity contribution is -0.128. The van der Waals surface area contributed by atoms with E-state index in [4.69, 9.17) is 4.74 Å². The molecule has 0 heterocycles. The van der Waals surface area contributed by atoms with Crippen molar-refractivity contribution in [1.29, 1.82) is 0 Å². The van der Waals surface area contributed by atoms with Gasteiger partial charge in [0.2, 0.25) is 0 Å². The fraction of sp³-hybridized carbons (Fsp3) is 0.250. The fourth-order valence-corrected chi connectivity index (χ4v) is 1.33. The number of ether oxygens (including phenoxy) is 1. The summed E-state index contributed by atoms with van der Waals surface area (Å²) in [4.78, 5) is 11.6. The Morgan fingerprint density at radius 3 is 2.64 bits per heavy atom. The average molecular weight is 190 g/mol. The zero-order valence-corrected chi connectivity index (χ0v) is 8.27. The number of carbonyl (C=O) groups excluding carboxylic acids is 1. The van der Waals surface area contributed by atoms with E-state index in [9.17, 15) is 4.79 Å². The summed E-state index contributed by atoms with van der Waals surface area (Å²) in [5.41, 5.74) is 0.891. The highest BCUT2D eigenvalue weighted by Crippen LogP contribution is 2.18. The maximum atomic E-state index is 11.6. The molecule has 0 spiro atoms. The highest BCUT2D eigenvalue weighted by Gasteiger charge is 2.17. The molecular weight excluding hydrogens is 176 g/mol. The van der Waals surface area contributed by atoms with Gasteiger partial charge in [-0.25, -0.2) is 0 Å². The summed E-state index contributed by atoms with van der Waals surface area (Å²) in [6.07, 6.45) is 1.47. The van der Waals surface area contributed by atoms with Gasteiger partial charge in [0, 0.05) is 13.5 Å². The van der Waals surface area contributed by atoms with Crippen LogP contribution in [0.2, 0.25) is 0 Å². The lowest BCUT2D eigenvalue weighted by Gasteiger charge is -2.13. The number of rotatable bonds is 5. The first-order chi connectivity index (χ1) is 6.79. The fourth-order valence-electron chi connectivity index (χ4n) is 1.33. The van der Waals surface area contributed by atoms with Crippen molar-refractivity contribution in [2.75, 3.05) is 7.11 Å². The number of Topliss-reactive ketones (excluding diaryl/α,β-unsaturated/α-hetero) is 1. The van der Waals surface area contributed by atoms with Crippen LogP contribution in [0.1, 0.15) is 18.1 Å². The molecule has 0 aromatic heterocycles. The average Bonchev–Trinajstić information content (AvgIpc) is 2.21. The highest BCUT2D eigenvalue weighted by molar-refractivity contribution is 5.85. The van der Waals surface area contributed by atoms with Crippen molar-refractivity contribution in [3.05, 3.63) is 48.6 Å². The van der Waals surface area contributed by atoms with Gasteiger partial charge in [0.15, 0.2) is 5.78 Å². The largest absolute Gasteiger partial charge is 0.369 e. The molecule has 0 amide bonds. The minimum absolute atomic E-state index is 0.0358. The Morgan fingerprint density at radius 1 is 1.50 bits per heavy atom. The third-order valence-electron chi connectivity index (χ3n) is 1.98. The smallest absolute Gasteiger partial charge is 0.169 e. The van der Waals surface area contributed by atoms with E-state index >= 15 is 0 Å². The van der Waals surface area contributed by atoms with E-state index in [2.05, 4.69) is 6.58 Å². The van der Waals surface area contributed by atoms with Crippen molar-refractivity contribution < 1.29 is 9.53 Å². The number of ketones is 1. The highest BCUT2D eigenvalue weighted by atomic mass is 16.5. The molecule has 1 aromatic carbocycles. The summed E-state index contributed by atoms with van der Waals surface area (Å²) in [5.74, 6) is 0.0358. The Bertz CT molecular complexity index is 303. The Balaban J connectivity index is 2.82. The molecule has 0 radical (unpaired) electrons. The van der Waals surface area contributed by atoms with E-state index in [1.54, 1.807) is 13.2 Å². The van der Waals surface area contributed by atoms with Crippen LogP contribution in [0.15, 0.2) is 43.0 Å². The van der Waals surface area contributed by atoms with Gasteiger partial charge in [-0.1, -0.05) is 36.4 Å². The standard InChI is InChI=1S/C12H14O2/c1-3-7-11(13)12(14-2)10-8-5-4-6-9-10/h3-6,8-9,12H,1,7H2,2H3. The SMILES string of the molecule is C=CCC(=O)C(OC)c1ccccc1. The first-order valence-corrected chi connectivity index (χ1v) is 4.51. The summed E-state index contributed by atoms with van der Waals surface area (Å²) in [5, 5.41) is 0. The number of hydrogen-bond donors (Lipinski definition) is 0. The summed E-state index contributed by atoms with van der Waals surface area (Å²) in [6.45, 7) is 3.53. The van der Waals surface area contributed by atoms with E-state index in [0.29, 0.717) is 6.42 Å². The van der Waals surface area contributed by atoms with Crippen LogP contribution in [0.25, 0.3) is 0 Å². The van der Waals surface area contributed by atoms with Crippen molar-refractivity contribution in [2.24, 2.45) is 0 Å². The molecule has 0 fully saturated rings. The van der Waals surface area contributed by atoms with Crippen molar-refractivity contribution >= 4 is 5.78 Å². The maximum Gasteiger partial charge on any atom is 0.169 e. The second-order valence-electron chi connectivity index (χ2n) is 2.99. The van der Waals surface area contributed by atoms with Gasteiger partial charge >= 0.3 is 0 Å². The number of allylic oxidation sites excluding steroid dienone is 1. The first-order valence-electron chi connectivity index (χ1n) is 4.51. The van der Waals surface area contributed by atoms with Gasteiger partial charge in [-0.3, -0.25) is 4.79 Å². The molecule has 0 aliphatic heterocycles. The first kappa shape index (κ1) is 10.7. The van der Waals surface area contributed by atoms with Gasteiger partial charge in [-0.05, 0) is 5.56 Å². The van der Waals surface area contributed by atoms with Crippen molar-refractivity contribution in [3.8, 4) is 0 Å². The van der Waals surface area contributed by atoms with Crippen LogP contribution >= 0.6 is 0 Å². The van der Waals surface area contributed by atoms with Crippen LogP contribution in [0, 0.1) is 0 Å². The summed E-state index contributed by atoms with van der Waals surface area (Å²) < 4.78 is 5.15. The number of hydrogen-bond acceptors (Lipinski definition) is 2. The van der Waals surface area contributed by atoms with Gasteiger partial charge in [0.1, 0.15) is 6.10 Å². The Labute approximate surface area is 84.2 Å². The second kappa shape index (κ2) is 5.35. The van der Waals surface area contributed by atoms with Crippen LogP contribution in [0.3, 0.4) is 0 Å². The Hall–Kier alpha value is -1.41. The molecule has 74 valence electrons. The zero-order chi connectivity index (χ0) is 10.4. The normalized spacial score (nSPS) is 12.1.